The molecule has 0 aliphatic heterocycles. The van der Waals surface area contributed by atoms with E-state index in [1.165, 1.54) is 33.4 Å². The van der Waals surface area contributed by atoms with Gasteiger partial charge in [-0.25, -0.2) is 15.0 Å². The van der Waals surface area contributed by atoms with E-state index in [2.05, 4.69) is 127 Å². The molecule has 0 amide bonds. The molecule has 0 unspecified atom stereocenters. The molecule has 8 aromatic rings. The van der Waals surface area contributed by atoms with E-state index >= 15 is 0 Å². The van der Waals surface area contributed by atoms with Crippen LogP contribution in [0.4, 0.5) is 11.4 Å². The minimum atomic E-state index is -0.458. The molecule has 0 radical (unpaired) electrons. The molecular weight excluding hydrogens is 609 g/mol. The maximum Gasteiger partial charge on any atom is 0.164 e. The average Bonchev–Trinajstić information content (AvgIpc) is 3.50. The van der Waals surface area contributed by atoms with Gasteiger partial charge in [0.15, 0.2) is 17.5 Å². The summed E-state index contributed by atoms with van der Waals surface area (Å²) < 4.78 is 0. The third-order valence-electron chi connectivity index (χ3n) is 9.56. The third-order valence-corrected chi connectivity index (χ3v) is 9.56. The molecule has 4 heteroatoms. The highest BCUT2D eigenvalue weighted by atomic mass is 15.0. The van der Waals surface area contributed by atoms with Gasteiger partial charge in [-0.05, 0) is 57.6 Å². The second-order valence-electron chi connectivity index (χ2n) is 12.5. The lowest BCUT2D eigenvalue weighted by Crippen LogP contribution is -2.28. The van der Waals surface area contributed by atoms with Gasteiger partial charge in [0, 0.05) is 28.1 Å². The Labute approximate surface area is 291 Å². The highest BCUT2D eigenvalue weighted by Crippen LogP contribution is 2.56. The number of nitrogens with one attached hydrogen (secondary N) is 1. The highest BCUT2D eigenvalue weighted by Gasteiger charge is 2.45. The van der Waals surface area contributed by atoms with Gasteiger partial charge in [-0.15, -0.1) is 0 Å². The predicted molar refractivity (Wildman–Crippen MR) is 203 cm³/mol. The smallest absolute Gasteiger partial charge is 0.164 e. The standard InChI is InChI=1S/C46H32N4/c1-4-16-32(17-5-1)43-48-44(33-18-6-2-7-19-33)50-45(49-43)34-20-14-24-37(30-34)47-38-25-15-23-36(31-38)46(35-21-8-3-9-22-35)41-28-12-10-26-39(41)40-27-11-13-29-42(40)46/h1-31,47H. The van der Waals surface area contributed by atoms with Crippen LogP contribution in [0.3, 0.4) is 0 Å². The number of hydrogen-bond donors (Lipinski definition) is 1. The van der Waals surface area contributed by atoms with Gasteiger partial charge in [-0.1, -0.05) is 164 Å². The lowest BCUT2D eigenvalue weighted by atomic mass is 9.67. The maximum absolute atomic E-state index is 4.95. The maximum atomic E-state index is 4.95. The van der Waals surface area contributed by atoms with Crippen LogP contribution in [0.5, 0.6) is 0 Å². The van der Waals surface area contributed by atoms with Crippen molar-refractivity contribution in [2.75, 3.05) is 5.32 Å². The van der Waals surface area contributed by atoms with Crippen LogP contribution in [0.1, 0.15) is 22.3 Å². The van der Waals surface area contributed by atoms with Crippen LogP contribution >= 0.6 is 0 Å². The van der Waals surface area contributed by atoms with Crippen molar-refractivity contribution < 1.29 is 0 Å². The Kier molecular flexibility index (Phi) is 7.33. The zero-order chi connectivity index (χ0) is 33.3. The highest BCUT2D eigenvalue weighted by molar-refractivity contribution is 5.86. The summed E-state index contributed by atoms with van der Waals surface area (Å²) >= 11 is 0. The lowest BCUT2D eigenvalue weighted by Gasteiger charge is -2.34. The van der Waals surface area contributed by atoms with Gasteiger partial charge in [0.25, 0.3) is 0 Å². The number of hydrogen-bond acceptors (Lipinski definition) is 4. The van der Waals surface area contributed by atoms with Crippen LogP contribution < -0.4 is 5.32 Å². The van der Waals surface area contributed by atoms with Gasteiger partial charge in [-0.2, -0.15) is 0 Å². The van der Waals surface area contributed by atoms with E-state index in [-0.39, 0.29) is 0 Å². The second kappa shape index (κ2) is 12.4. The van der Waals surface area contributed by atoms with Crippen molar-refractivity contribution in [2.24, 2.45) is 0 Å². The predicted octanol–water partition coefficient (Wildman–Crippen LogP) is 11.0. The van der Waals surface area contributed by atoms with Crippen LogP contribution in [0.15, 0.2) is 188 Å². The molecule has 50 heavy (non-hydrogen) atoms. The molecule has 1 aliphatic rings. The Morgan fingerprint density at radius 3 is 1.34 bits per heavy atom. The summed E-state index contributed by atoms with van der Waals surface area (Å²) in [4.78, 5) is 14.8. The summed E-state index contributed by atoms with van der Waals surface area (Å²) in [5, 5.41) is 3.72. The molecule has 0 fully saturated rings. The molecular formula is C46H32N4. The van der Waals surface area contributed by atoms with Crippen LogP contribution in [0.25, 0.3) is 45.3 Å². The minimum Gasteiger partial charge on any atom is -0.355 e. The van der Waals surface area contributed by atoms with Crippen molar-refractivity contribution >= 4 is 11.4 Å². The Morgan fingerprint density at radius 2 is 0.760 bits per heavy atom. The number of anilines is 2. The topological polar surface area (TPSA) is 50.7 Å². The van der Waals surface area contributed by atoms with E-state index in [0.717, 1.165) is 28.1 Å². The molecule has 9 rings (SSSR count). The van der Waals surface area contributed by atoms with Gasteiger partial charge < -0.3 is 5.32 Å². The molecule has 1 N–H and O–H groups in total. The normalized spacial score (nSPS) is 12.6. The number of rotatable bonds is 7. The molecule has 4 nitrogen and oxygen atoms in total. The SMILES string of the molecule is c1ccc(-c2nc(-c3ccccc3)nc(-c3cccc(Nc4cccc(C5(c6ccccc6)c6ccccc6-c6ccccc65)c4)c3)n2)cc1. The Morgan fingerprint density at radius 1 is 0.340 bits per heavy atom. The molecule has 7 aromatic carbocycles. The van der Waals surface area contributed by atoms with Gasteiger partial charge in [0.2, 0.25) is 0 Å². The molecule has 1 aromatic heterocycles. The fourth-order valence-corrected chi connectivity index (χ4v) is 7.38. The van der Waals surface area contributed by atoms with Gasteiger partial charge >= 0.3 is 0 Å². The number of fused-ring (bicyclic) bond motifs is 3. The molecule has 1 heterocycles. The van der Waals surface area contributed by atoms with Crippen molar-refractivity contribution in [3.8, 4) is 45.3 Å². The number of nitrogens with zero attached hydrogens (tertiary/aromatic N) is 3. The largest absolute Gasteiger partial charge is 0.355 e. The first-order valence-electron chi connectivity index (χ1n) is 16.9. The quantitative estimate of drug-likeness (QED) is 0.188. The van der Waals surface area contributed by atoms with Crippen LogP contribution in [-0.4, -0.2) is 15.0 Å². The second-order valence-corrected chi connectivity index (χ2v) is 12.5. The van der Waals surface area contributed by atoms with Crippen molar-refractivity contribution in [3.05, 3.63) is 210 Å². The van der Waals surface area contributed by atoms with Gasteiger partial charge in [0.05, 0.1) is 5.41 Å². The van der Waals surface area contributed by atoms with Gasteiger partial charge in [0.1, 0.15) is 0 Å². The summed E-state index contributed by atoms with van der Waals surface area (Å²) in [6.45, 7) is 0. The Bertz CT molecular complexity index is 2350. The molecule has 0 bridgehead atoms. The molecule has 1 aliphatic carbocycles. The Balaban J connectivity index is 1.13. The van der Waals surface area contributed by atoms with Crippen molar-refractivity contribution in [2.45, 2.75) is 5.41 Å². The van der Waals surface area contributed by atoms with Crippen LogP contribution in [0.2, 0.25) is 0 Å². The molecule has 0 spiro atoms. The third kappa shape index (κ3) is 5.06. The van der Waals surface area contributed by atoms with E-state index in [9.17, 15) is 0 Å². The van der Waals surface area contributed by atoms with E-state index in [4.69, 9.17) is 15.0 Å². The number of aromatic nitrogens is 3. The monoisotopic (exact) mass is 640 g/mol. The van der Waals surface area contributed by atoms with Crippen molar-refractivity contribution in [3.63, 3.8) is 0 Å². The zero-order valence-electron chi connectivity index (χ0n) is 27.2. The van der Waals surface area contributed by atoms with Crippen LogP contribution in [-0.2, 0) is 5.41 Å². The summed E-state index contributed by atoms with van der Waals surface area (Å²) in [7, 11) is 0. The van der Waals surface area contributed by atoms with E-state index in [1.54, 1.807) is 0 Å². The molecule has 236 valence electrons. The molecule has 0 saturated heterocycles. The average molecular weight is 641 g/mol. The van der Waals surface area contributed by atoms with E-state index in [1.807, 2.05) is 66.7 Å². The summed E-state index contributed by atoms with van der Waals surface area (Å²) in [6.07, 6.45) is 0. The first-order chi connectivity index (χ1) is 24.8. The minimum absolute atomic E-state index is 0.458. The summed E-state index contributed by atoms with van der Waals surface area (Å²) in [5.41, 5.74) is 11.9. The first-order valence-corrected chi connectivity index (χ1v) is 16.9. The number of benzene rings is 7. The summed E-state index contributed by atoms with van der Waals surface area (Å²) in [5.74, 6) is 1.91. The Hall–Kier alpha value is -6.65. The zero-order valence-corrected chi connectivity index (χ0v) is 27.2. The molecule has 0 saturated carbocycles. The van der Waals surface area contributed by atoms with Gasteiger partial charge in [-0.3, -0.25) is 0 Å². The lowest BCUT2D eigenvalue weighted by molar-refractivity contribution is 0.769. The van der Waals surface area contributed by atoms with Crippen molar-refractivity contribution in [1.29, 1.82) is 0 Å². The van der Waals surface area contributed by atoms with E-state index < -0.39 is 5.41 Å². The summed E-state index contributed by atoms with van der Waals surface area (Å²) in [6, 6.07) is 65.8. The fourth-order valence-electron chi connectivity index (χ4n) is 7.38. The van der Waals surface area contributed by atoms with Crippen LogP contribution in [0, 0.1) is 0 Å². The van der Waals surface area contributed by atoms with Crippen molar-refractivity contribution in [1.82, 2.24) is 15.0 Å². The molecule has 0 atom stereocenters. The first kappa shape index (κ1) is 29.5. The van der Waals surface area contributed by atoms with E-state index in [0.29, 0.717) is 17.5 Å². The fraction of sp³-hybridized carbons (Fsp3) is 0.0217.